The second-order valence-corrected chi connectivity index (χ2v) is 7.08. The van der Waals surface area contributed by atoms with Crippen molar-refractivity contribution in [2.45, 2.75) is 64.5 Å². The molecule has 1 aliphatic heterocycles. The van der Waals surface area contributed by atoms with Gasteiger partial charge in [0, 0.05) is 24.4 Å². The van der Waals surface area contributed by atoms with E-state index in [1.54, 1.807) is 4.52 Å². The van der Waals surface area contributed by atoms with Crippen molar-refractivity contribution in [1.29, 1.82) is 0 Å². The second kappa shape index (κ2) is 6.71. The molecule has 0 N–H and O–H groups in total. The third kappa shape index (κ3) is 3.01. The molecule has 0 radical (unpaired) electrons. The maximum atomic E-state index is 12.9. The fourth-order valence-electron chi connectivity index (χ4n) is 4.30. The molecule has 2 aromatic heterocycles. The van der Waals surface area contributed by atoms with Crippen LogP contribution in [0.25, 0.3) is 5.78 Å². The monoisotopic (exact) mass is 343 g/mol. The molecule has 2 atom stereocenters. The Morgan fingerprint density at radius 1 is 1.32 bits per heavy atom. The van der Waals surface area contributed by atoms with E-state index >= 15 is 0 Å². The fourth-order valence-corrected chi connectivity index (χ4v) is 4.30. The van der Waals surface area contributed by atoms with Crippen LogP contribution in [0, 0.1) is 13.8 Å². The molecule has 4 rings (SSSR count). The highest BCUT2D eigenvalue weighted by Gasteiger charge is 2.36. The lowest BCUT2D eigenvalue weighted by molar-refractivity contribution is -0.149. The number of aryl methyl sites for hydroxylation is 2. The number of nitrogens with zero attached hydrogens (tertiary/aromatic N) is 5. The highest BCUT2D eigenvalue weighted by molar-refractivity contribution is 5.77. The summed E-state index contributed by atoms with van der Waals surface area (Å²) in [5, 5.41) is 4.22. The Kier molecular flexibility index (Phi) is 4.41. The quantitative estimate of drug-likeness (QED) is 0.850. The van der Waals surface area contributed by atoms with Gasteiger partial charge in [0.1, 0.15) is 6.33 Å². The van der Waals surface area contributed by atoms with Crippen molar-refractivity contribution in [3.63, 3.8) is 0 Å². The predicted octanol–water partition coefficient (Wildman–Crippen LogP) is 1.84. The number of hydrogen-bond donors (Lipinski definition) is 0. The van der Waals surface area contributed by atoms with Gasteiger partial charge in [-0.1, -0.05) is 12.8 Å². The molecule has 0 bridgehead atoms. The lowest BCUT2D eigenvalue weighted by Gasteiger charge is -2.43. The minimum atomic E-state index is 0.234. The third-order valence-corrected chi connectivity index (χ3v) is 5.63. The van der Waals surface area contributed by atoms with Gasteiger partial charge in [0.25, 0.3) is 5.78 Å². The number of morpholine rings is 1. The van der Waals surface area contributed by atoms with Crippen molar-refractivity contribution < 1.29 is 9.53 Å². The lowest BCUT2D eigenvalue weighted by atomic mass is 9.90. The van der Waals surface area contributed by atoms with E-state index in [0.717, 1.165) is 36.3 Å². The number of carbonyl (C=O) groups excluding carboxylic acids is 1. The first-order chi connectivity index (χ1) is 12.1. The molecular weight excluding hydrogens is 318 g/mol. The van der Waals surface area contributed by atoms with Crippen LogP contribution >= 0.6 is 0 Å². The van der Waals surface area contributed by atoms with Gasteiger partial charge in [-0.25, -0.2) is 9.50 Å². The van der Waals surface area contributed by atoms with Gasteiger partial charge in [-0.3, -0.25) is 4.79 Å². The van der Waals surface area contributed by atoms with Crippen molar-refractivity contribution in [3.05, 3.63) is 23.3 Å². The Balaban J connectivity index is 1.48. The Bertz CT molecular complexity index is 785. The molecular formula is C18H25N5O2. The largest absolute Gasteiger partial charge is 0.374 e. The molecule has 1 aliphatic carbocycles. The van der Waals surface area contributed by atoms with Crippen molar-refractivity contribution in [3.8, 4) is 0 Å². The van der Waals surface area contributed by atoms with Gasteiger partial charge in [-0.2, -0.15) is 10.1 Å². The van der Waals surface area contributed by atoms with Crippen LogP contribution in [0.1, 0.15) is 49.1 Å². The van der Waals surface area contributed by atoms with E-state index in [0.29, 0.717) is 25.2 Å². The molecule has 2 aromatic rings. The smallest absolute Gasteiger partial charge is 0.252 e. The van der Waals surface area contributed by atoms with Crippen LogP contribution < -0.4 is 0 Å². The molecule has 25 heavy (non-hydrogen) atoms. The molecule has 7 heteroatoms. The van der Waals surface area contributed by atoms with Crippen molar-refractivity contribution in [1.82, 2.24) is 24.5 Å². The number of rotatable bonds is 3. The van der Waals surface area contributed by atoms with Gasteiger partial charge in [0.2, 0.25) is 5.91 Å². The molecule has 3 heterocycles. The SMILES string of the molecule is Cc1nc2ncnn2c(C)c1CCC(=O)N1CCO[C@@H]2CCCC[C@@H]21. The van der Waals surface area contributed by atoms with E-state index in [4.69, 9.17) is 4.74 Å². The number of aromatic nitrogens is 4. The zero-order valence-corrected chi connectivity index (χ0v) is 14.9. The number of carbonyl (C=O) groups is 1. The van der Waals surface area contributed by atoms with E-state index in [9.17, 15) is 4.79 Å². The Morgan fingerprint density at radius 3 is 3.04 bits per heavy atom. The lowest BCUT2D eigenvalue weighted by Crippen LogP contribution is -2.54. The first-order valence-electron chi connectivity index (χ1n) is 9.22. The number of hydrogen-bond acceptors (Lipinski definition) is 5. The standard InChI is InChI=1S/C18H25N5O2/c1-12-14(13(2)23-18(21-12)19-11-20-23)7-8-17(24)22-9-10-25-16-6-4-3-5-15(16)22/h11,15-16H,3-10H2,1-2H3/t15-,16+/m0/s1. The molecule has 2 fully saturated rings. The second-order valence-electron chi connectivity index (χ2n) is 7.08. The van der Waals surface area contributed by atoms with Gasteiger partial charge in [0.15, 0.2) is 0 Å². The van der Waals surface area contributed by atoms with Crippen molar-refractivity contribution in [2.24, 2.45) is 0 Å². The molecule has 1 saturated heterocycles. The average Bonchev–Trinajstić information content (AvgIpc) is 3.09. The minimum Gasteiger partial charge on any atom is -0.374 e. The molecule has 0 unspecified atom stereocenters. The van der Waals surface area contributed by atoms with Crippen molar-refractivity contribution in [2.75, 3.05) is 13.2 Å². The van der Waals surface area contributed by atoms with Gasteiger partial charge < -0.3 is 9.64 Å². The van der Waals surface area contributed by atoms with Gasteiger partial charge in [0.05, 0.1) is 18.8 Å². The van der Waals surface area contributed by atoms with Crippen LogP contribution in [-0.2, 0) is 16.0 Å². The average molecular weight is 343 g/mol. The van der Waals surface area contributed by atoms with Gasteiger partial charge in [-0.05, 0) is 38.7 Å². The molecule has 0 spiro atoms. The predicted molar refractivity (Wildman–Crippen MR) is 92.3 cm³/mol. The maximum Gasteiger partial charge on any atom is 0.252 e. The summed E-state index contributed by atoms with van der Waals surface area (Å²) in [6, 6.07) is 0.271. The zero-order chi connectivity index (χ0) is 17.4. The fraction of sp³-hybridized carbons (Fsp3) is 0.667. The summed E-state index contributed by atoms with van der Waals surface area (Å²) in [6.45, 7) is 5.38. The highest BCUT2D eigenvalue weighted by Crippen LogP contribution is 2.29. The van der Waals surface area contributed by atoms with E-state index in [1.165, 1.54) is 19.2 Å². The minimum absolute atomic E-state index is 0.234. The summed E-state index contributed by atoms with van der Waals surface area (Å²) in [7, 11) is 0. The normalized spacial score (nSPS) is 23.7. The summed E-state index contributed by atoms with van der Waals surface area (Å²) >= 11 is 0. The first kappa shape index (κ1) is 16.4. The first-order valence-corrected chi connectivity index (χ1v) is 9.22. The highest BCUT2D eigenvalue weighted by atomic mass is 16.5. The van der Waals surface area contributed by atoms with Crippen LogP contribution in [0.2, 0.25) is 0 Å². The van der Waals surface area contributed by atoms with Gasteiger partial charge in [-0.15, -0.1) is 0 Å². The maximum absolute atomic E-state index is 12.9. The van der Waals surface area contributed by atoms with Gasteiger partial charge >= 0.3 is 0 Å². The molecule has 7 nitrogen and oxygen atoms in total. The molecule has 2 aliphatic rings. The Morgan fingerprint density at radius 2 is 2.16 bits per heavy atom. The van der Waals surface area contributed by atoms with E-state index in [2.05, 4.69) is 20.0 Å². The summed E-state index contributed by atoms with van der Waals surface area (Å²) in [5.41, 5.74) is 3.05. The molecule has 134 valence electrons. The van der Waals surface area contributed by atoms with E-state index < -0.39 is 0 Å². The Labute approximate surface area is 147 Å². The van der Waals surface area contributed by atoms with Crippen LogP contribution in [-0.4, -0.2) is 55.7 Å². The van der Waals surface area contributed by atoms with E-state index in [-0.39, 0.29) is 18.1 Å². The molecule has 1 saturated carbocycles. The van der Waals surface area contributed by atoms with Crippen LogP contribution in [0.3, 0.4) is 0 Å². The van der Waals surface area contributed by atoms with Crippen LogP contribution in [0.5, 0.6) is 0 Å². The summed E-state index contributed by atoms with van der Waals surface area (Å²) in [6.07, 6.45) is 7.51. The zero-order valence-electron chi connectivity index (χ0n) is 14.9. The van der Waals surface area contributed by atoms with E-state index in [1.807, 2.05) is 13.8 Å². The molecule has 0 aromatic carbocycles. The summed E-state index contributed by atoms with van der Waals surface area (Å²) < 4.78 is 7.63. The topological polar surface area (TPSA) is 72.6 Å². The van der Waals surface area contributed by atoms with Crippen molar-refractivity contribution >= 4 is 11.7 Å². The number of ether oxygens (including phenoxy) is 1. The third-order valence-electron chi connectivity index (χ3n) is 5.63. The Hall–Kier alpha value is -2.02. The summed E-state index contributed by atoms with van der Waals surface area (Å²) in [4.78, 5) is 23.6. The van der Waals surface area contributed by atoms with Crippen LogP contribution in [0.4, 0.5) is 0 Å². The molecule has 1 amide bonds. The van der Waals surface area contributed by atoms with Crippen LogP contribution in [0.15, 0.2) is 6.33 Å². The number of fused-ring (bicyclic) bond motifs is 2. The summed E-state index contributed by atoms with van der Waals surface area (Å²) in [5.74, 6) is 0.848. The number of amides is 1.